The van der Waals surface area contributed by atoms with Crippen molar-refractivity contribution in [1.29, 1.82) is 0 Å². The molecule has 1 aromatic heterocycles. The van der Waals surface area contributed by atoms with Crippen molar-refractivity contribution in [3.05, 3.63) is 5.82 Å². The van der Waals surface area contributed by atoms with Crippen molar-refractivity contribution in [2.24, 2.45) is 0 Å². The number of hydrogen-bond acceptors (Lipinski definition) is 4. The van der Waals surface area contributed by atoms with Crippen molar-refractivity contribution in [3.8, 4) is 0 Å². The summed E-state index contributed by atoms with van der Waals surface area (Å²) in [4.78, 5) is 5.07. The number of hydrogen-bond donors (Lipinski definition) is 0. The molecule has 0 amide bonds. The Morgan fingerprint density at radius 1 is 0.590 bits per heavy atom. The second-order valence-corrected chi connectivity index (χ2v) is 14.7. The fourth-order valence-electron chi connectivity index (χ4n) is 6.04. The average Bonchev–Trinajstić information content (AvgIpc) is 3.37. The van der Waals surface area contributed by atoms with Crippen LogP contribution in [0.2, 0.25) is 0 Å². The standard InChI is InChI=1S/C34H65N3S2/c1-3-5-7-9-11-12-13-14-15-16-17-18-19-20-22-27-31-38-39-34-35-33(32-28-24-23-25-29-32)37(36-34)30-26-21-10-8-6-4-2/h32H,3-31H2,1-2H3. The largest absolute Gasteiger partial charge is 0.249 e. The normalized spacial score (nSPS) is 14.4. The topological polar surface area (TPSA) is 30.7 Å². The van der Waals surface area contributed by atoms with Crippen LogP contribution in [0.5, 0.6) is 0 Å². The van der Waals surface area contributed by atoms with Crippen LogP contribution in [0.3, 0.4) is 0 Å². The molecule has 2 rings (SSSR count). The molecule has 0 spiro atoms. The molecule has 0 atom stereocenters. The van der Waals surface area contributed by atoms with E-state index in [2.05, 4.69) is 18.5 Å². The van der Waals surface area contributed by atoms with Gasteiger partial charge in [-0.1, -0.05) is 172 Å². The molecule has 39 heavy (non-hydrogen) atoms. The lowest BCUT2D eigenvalue weighted by Gasteiger charge is -2.21. The van der Waals surface area contributed by atoms with Crippen LogP contribution in [-0.4, -0.2) is 20.5 Å². The van der Waals surface area contributed by atoms with Crippen molar-refractivity contribution in [1.82, 2.24) is 14.8 Å². The Kier molecular flexibility index (Phi) is 22.9. The smallest absolute Gasteiger partial charge is 0.219 e. The number of rotatable bonds is 27. The monoisotopic (exact) mass is 579 g/mol. The minimum absolute atomic E-state index is 0.644. The molecule has 0 aromatic carbocycles. The molecule has 228 valence electrons. The minimum atomic E-state index is 0.644. The van der Waals surface area contributed by atoms with Crippen molar-refractivity contribution in [2.75, 3.05) is 5.75 Å². The van der Waals surface area contributed by atoms with Gasteiger partial charge in [0.05, 0.1) is 0 Å². The molecular weight excluding hydrogens is 515 g/mol. The van der Waals surface area contributed by atoms with Gasteiger partial charge in [0.15, 0.2) is 0 Å². The Balaban J connectivity index is 1.48. The second-order valence-electron chi connectivity index (χ2n) is 12.3. The van der Waals surface area contributed by atoms with E-state index in [0.29, 0.717) is 5.92 Å². The summed E-state index contributed by atoms with van der Waals surface area (Å²) in [5.74, 6) is 3.17. The number of aromatic nitrogens is 3. The summed E-state index contributed by atoms with van der Waals surface area (Å²) < 4.78 is 2.30. The van der Waals surface area contributed by atoms with Gasteiger partial charge in [0.1, 0.15) is 5.82 Å². The first-order chi connectivity index (χ1) is 19.3. The van der Waals surface area contributed by atoms with Gasteiger partial charge in [-0.25, -0.2) is 9.67 Å². The van der Waals surface area contributed by atoms with Crippen LogP contribution < -0.4 is 0 Å². The minimum Gasteiger partial charge on any atom is -0.249 e. The van der Waals surface area contributed by atoms with Crippen LogP contribution in [0.15, 0.2) is 5.16 Å². The molecule has 0 saturated heterocycles. The predicted octanol–water partition coefficient (Wildman–Crippen LogP) is 12.7. The molecule has 1 fully saturated rings. The summed E-state index contributed by atoms with van der Waals surface area (Å²) in [6.45, 7) is 5.66. The lowest BCUT2D eigenvalue weighted by molar-refractivity contribution is 0.402. The zero-order valence-electron chi connectivity index (χ0n) is 26.2. The highest BCUT2D eigenvalue weighted by Gasteiger charge is 2.22. The summed E-state index contributed by atoms with van der Waals surface area (Å²) in [6.07, 6.45) is 37.8. The van der Waals surface area contributed by atoms with Crippen molar-refractivity contribution >= 4 is 21.6 Å². The summed E-state index contributed by atoms with van der Waals surface area (Å²) in [6, 6.07) is 0. The van der Waals surface area contributed by atoms with Crippen LogP contribution in [0.1, 0.15) is 199 Å². The number of aryl methyl sites for hydroxylation is 1. The van der Waals surface area contributed by atoms with Crippen molar-refractivity contribution < 1.29 is 0 Å². The van der Waals surface area contributed by atoms with E-state index in [4.69, 9.17) is 10.1 Å². The summed E-state index contributed by atoms with van der Waals surface area (Å²) in [5.41, 5.74) is 0. The molecule has 3 nitrogen and oxygen atoms in total. The molecule has 0 radical (unpaired) electrons. The zero-order valence-corrected chi connectivity index (χ0v) is 27.9. The molecule has 1 aromatic rings. The molecule has 1 saturated carbocycles. The van der Waals surface area contributed by atoms with Gasteiger partial charge in [-0.05, 0) is 36.5 Å². The molecule has 1 heterocycles. The van der Waals surface area contributed by atoms with E-state index < -0.39 is 0 Å². The summed E-state index contributed by atoms with van der Waals surface area (Å²) in [7, 11) is 3.81. The Bertz CT molecular complexity index is 657. The summed E-state index contributed by atoms with van der Waals surface area (Å²) in [5, 5.41) is 6.00. The van der Waals surface area contributed by atoms with E-state index >= 15 is 0 Å². The maximum absolute atomic E-state index is 5.07. The highest BCUT2D eigenvalue weighted by molar-refractivity contribution is 8.76. The van der Waals surface area contributed by atoms with Crippen LogP contribution >= 0.6 is 21.6 Å². The van der Waals surface area contributed by atoms with Gasteiger partial charge in [-0.2, -0.15) is 0 Å². The highest BCUT2D eigenvalue weighted by atomic mass is 33.1. The third kappa shape index (κ3) is 18.1. The van der Waals surface area contributed by atoms with Gasteiger partial charge in [0, 0.05) is 18.2 Å². The molecule has 0 unspecified atom stereocenters. The van der Waals surface area contributed by atoms with E-state index in [-0.39, 0.29) is 0 Å². The molecule has 1 aliphatic rings. The van der Waals surface area contributed by atoms with E-state index in [9.17, 15) is 0 Å². The highest BCUT2D eigenvalue weighted by Crippen LogP contribution is 2.35. The van der Waals surface area contributed by atoms with Gasteiger partial charge >= 0.3 is 0 Å². The summed E-state index contributed by atoms with van der Waals surface area (Å²) >= 11 is 0. The fourth-order valence-corrected chi connectivity index (χ4v) is 7.95. The van der Waals surface area contributed by atoms with Crippen LogP contribution in [0.25, 0.3) is 0 Å². The number of unbranched alkanes of at least 4 members (excludes halogenated alkanes) is 20. The van der Waals surface area contributed by atoms with Crippen LogP contribution in [0.4, 0.5) is 0 Å². The average molecular weight is 580 g/mol. The van der Waals surface area contributed by atoms with Crippen LogP contribution in [-0.2, 0) is 6.54 Å². The zero-order chi connectivity index (χ0) is 27.6. The molecular formula is C34H65N3S2. The number of nitrogens with zero attached hydrogens (tertiary/aromatic N) is 3. The van der Waals surface area contributed by atoms with Crippen molar-refractivity contribution in [2.45, 2.75) is 205 Å². The first kappa shape index (κ1) is 35.0. The van der Waals surface area contributed by atoms with E-state index in [1.54, 1.807) is 0 Å². The maximum Gasteiger partial charge on any atom is 0.219 e. The van der Waals surface area contributed by atoms with Gasteiger partial charge < -0.3 is 0 Å². The lowest BCUT2D eigenvalue weighted by Crippen LogP contribution is -2.13. The van der Waals surface area contributed by atoms with Crippen LogP contribution in [0, 0.1) is 0 Å². The Morgan fingerprint density at radius 2 is 1.05 bits per heavy atom. The molecule has 0 N–H and O–H groups in total. The second kappa shape index (κ2) is 25.5. The molecule has 1 aliphatic carbocycles. The Labute approximate surface area is 252 Å². The molecule has 0 bridgehead atoms. The SMILES string of the molecule is CCCCCCCCCCCCCCCCCCSSc1nc(C2CCCCC2)n(CCCCCCCC)n1. The Morgan fingerprint density at radius 3 is 1.56 bits per heavy atom. The van der Waals surface area contributed by atoms with E-state index in [0.717, 1.165) is 11.7 Å². The predicted molar refractivity (Wildman–Crippen MR) is 177 cm³/mol. The van der Waals surface area contributed by atoms with E-state index in [1.807, 2.05) is 21.6 Å². The molecule has 5 heteroatoms. The van der Waals surface area contributed by atoms with Gasteiger partial charge in [-0.3, -0.25) is 0 Å². The third-order valence-electron chi connectivity index (χ3n) is 8.59. The fraction of sp³-hybridized carbons (Fsp3) is 0.941. The maximum atomic E-state index is 5.07. The lowest BCUT2D eigenvalue weighted by atomic mass is 9.88. The van der Waals surface area contributed by atoms with Gasteiger partial charge in [-0.15, -0.1) is 5.10 Å². The quantitative estimate of drug-likeness (QED) is 0.0766. The molecule has 0 aliphatic heterocycles. The van der Waals surface area contributed by atoms with Gasteiger partial charge in [0.2, 0.25) is 5.16 Å². The van der Waals surface area contributed by atoms with E-state index in [1.165, 1.54) is 185 Å². The Hall–Kier alpha value is -0.160. The van der Waals surface area contributed by atoms with Crippen molar-refractivity contribution in [3.63, 3.8) is 0 Å². The van der Waals surface area contributed by atoms with Gasteiger partial charge in [0.25, 0.3) is 0 Å². The first-order valence-corrected chi connectivity index (χ1v) is 19.9. The first-order valence-electron chi connectivity index (χ1n) is 17.6. The third-order valence-corrected chi connectivity index (χ3v) is 10.8.